The highest BCUT2D eigenvalue weighted by atomic mass is 19.4. The Labute approximate surface area is 124 Å². The summed E-state index contributed by atoms with van der Waals surface area (Å²) in [5.74, 6) is -2.00. The topological polar surface area (TPSA) is 57.7 Å². The minimum absolute atomic E-state index is 0.120. The normalized spacial score (nSPS) is 16.2. The van der Waals surface area contributed by atoms with Crippen molar-refractivity contribution in [3.05, 3.63) is 35.4 Å². The zero-order valence-electron chi connectivity index (χ0n) is 11.8. The molecule has 0 atom stereocenters. The van der Waals surface area contributed by atoms with Gasteiger partial charge in [0.2, 0.25) is 0 Å². The summed E-state index contributed by atoms with van der Waals surface area (Å²) < 4.78 is 38.0. The number of imide groups is 2. The predicted octanol–water partition coefficient (Wildman–Crippen LogP) is 2.40. The first-order valence-corrected chi connectivity index (χ1v) is 6.48. The van der Waals surface area contributed by atoms with Gasteiger partial charge < -0.3 is 0 Å². The van der Waals surface area contributed by atoms with Gasteiger partial charge in [0.1, 0.15) is 0 Å². The van der Waals surface area contributed by atoms with Gasteiger partial charge in [-0.1, -0.05) is 12.1 Å². The molecule has 1 heterocycles. The third-order valence-corrected chi connectivity index (χ3v) is 3.20. The van der Waals surface area contributed by atoms with Crippen LogP contribution in [0.5, 0.6) is 0 Å². The van der Waals surface area contributed by atoms with Crippen molar-refractivity contribution in [1.82, 2.24) is 9.80 Å². The molecule has 4 amide bonds. The van der Waals surface area contributed by atoms with E-state index >= 15 is 0 Å². The van der Waals surface area contributed by atoms with E-state index in [1.165, 1.54) is 12.1 Å². The van der Waals surface area contributed by atoms with Gasteiger partial charge in [0, 0.05) is 6.04 Å². The molecule has 0 aliphatic carbocycles. The number of rotatable bonds is 3. The molecule has 0 N–H and O–H groups in total. The highest BCUT2D eigenvalue weighted by Crippen LogP contribution is 2.30. The van der Waals surface area contributed by atoms with Crippen LogP contribution in [0.15, 0.2) is 24.3 Å². The number of urea groups is 1. The van der Waals surface area contributed by atoms with Crippen LogP contribution in [0.4, 0.5) is 18.0 Å². The van der Waals surface area contributed by atoms with Gasteiger partial charge in [-0.2, -0.15) is 13.2 Å². The molecule has 0 unspecified atom stereocenters. The Morgan fingerprint density at radius 2 is 1.73 bits per heavy atom. The molecule has 1 fully saturated rings. The molecule has 0 saturated carbocycles. The predicted molar refractivity (Wildman–Crippen MR) is 69.4 cm³/mol. The van der Waals surface area contributed by atoms with Crippen molar-refractivity contribution in [1.29, 1.82) is 0 Å². The van der Waals surface area contributed by atoms with Crippen LogP contribution in [0.25, 0.3) is 0 Å². The first-order valence-electron chi connectivity index (χ1n) is 6.48. The summed E-state index contributed by atoms with van der Waals surface area (Å²) in [5, 5.41) is 0. The highest BCUT2D eigenvalue weighted by molar-refractivity contribution is 6.44. The zero-order chi connectivity index (χ0) is 16.7. The second kappa shape index (κ2) is 5.43. The molecule has 22 heavy (non-hydrogen) atoms. The molecule has 5 nitrogen and oxygen atoms in total. The van der Waals surface area contributed by atoms with Crippen LogP contribution in [-0.2, 0) is 22.3 Å². The van der Waals surface area contributed by atoms with Crippen LogP contribution in [0.2, 0.25) is 0 Å². The van der Waals surface area contributed by atoms with E-state index < -0.39 is 35.6 Å². The first-order chi connectivity index (χ1) is 10.1. The first kappa shape index (κ1) is 16.0. The molecular formula is C14H13F3N2O3. The number of carbonyl (C=O) groups excluding carboxylic acids is 3. The summed E-state index contributed by atoms with van der Waals surface area (Å²) in [7, 11) is 0. The molecule has 1 aliphatic rings. The van der Waals surface area contributed by atoms with Crippen molar-refractivity contribution in [2.75, 3.05) is 0 Å². The minimum atomic E-state index is -4.52. The Hall–Kier alpha value is -2.38. The maximum absolute atomic E-state index is 12.7. The van der Waals surface area contributed by atoms with E-state index in [-0.39, 0.29) is 12.1 Å². The van der Waals surface area contributed by atoms with Crippen LogP contribution < -0.4 is 0 Å². The number of nitrogens with zero attached hydrogens (tertiary/aromatic N) is 2. The maximum Gasteiger partial charge on any atom is 0.416 e. The fourth-order valence-electron chi connectivity index (χ4n) is 2.15. The number of alkyl halides is 3. The summed E-state index contributed by atoms with van der Waals surface area (Å²) in [6.45, 7) is 2.75. The van der Waals surface area contributed by atoms with Crippen molar-refractivity contribution in [2.24, 2.45) is 0 Å². The van der Waals surface area contributed by atoms with Gasteiger partial charge in [-0.3, -0.25) is 19.4 Å². The van der Waals surface area contributed by atoms with Gasteiger partial charge in [-0.15, -0.1) is 0 Å². The average molecular weight is 314 g/mol. The van der Waals surface area contributed by atoms with Crippen molar-refractivity contribution in [3.63, 3.8) is 0 Å². The Bertz CT molecular complexity index is 640. The summed E-state index contributed by atoms with van der Waals surface area (Å²) in [5.41, 5.74) is -0.758. The largest absolute Gasteiger partial charge is 0.416 e. The maximum atomic E-state index is 12.7. The van der Waals surface area contributed by atoms with E-state index in [9.17, 15) is 27.6 Å². The fraction of sp³-hybridized carbons (Fsp3) is 0.357. The Kier molecular flexibility index (Phi) is 3.95. The molecule has 8 heteroatoms. The molecule has 0 bridgehead atoms. The molecule has 1 aromatic carbocycles. The summed E-state index contributed by atoms with van der Waals surface area (Å²) in [6, 6.07) is 2.97. The quantitative estimate of drug-likeness (QED) is 0.636. The van der Waals surface area contributed by atoms with Crippen LogP contribution in [0, 0.1) is 0 Å². The third-order valence-electron chi connectivity index (χ3n) is 3.20. The van der Waals surface area contributed by atoms with Crippen molar-refractivity contribution >= 4 is 17.8 Å². The van der Waals surface area contributed by atoms with Crippen LogP contribution in [-0.4, -0.2) is 33.7 Å². The fourth-order valence-corrected chi connectivity index (χ4v) is 2.15. The van der Waals surface area contributed by atoms with Crippen LogP contribution in [0.3, 0.4) is 0 Å². The monoisotopic (exact) mass is 314 g/mol. The van der Waals surface area contributed by atoms with E-state index in [1.807, 2.05) is 0 Å². The molecular weight excluding hydrogens is 301 g/mol. The van der Waals surface area contributed by atoms with Crippen LogP contribution >= 0.6 is 0 Å². The molecule has 0 radical (unpaired) electrons. The van der Waals surface area contributed by atoms with E-state index in [4.69, 9.17) is 0 Å². The van der Waals surface area contributed by atoms with Gasteiger partial charge in [0.05, 0.1) is 12.1 Å². The Morgan fingerprint density at radius 3 is 2.23 bits per heavy atom. The molecule has 1 aromatic rings. The van der Waals surface area contributed by atoms with Gasteiger partial charge in [-0.05, 0) is 31.5 Å². The van der Waals surface area contributed by atoms with Crippen molar-refractivity contribution < 1.29 is 27.6 Å². The Balaban J connectivity index is 2.26. The van der Waals surface area contributed by atoms with E-state index in [1.54, 1.807) is 13.8 Å². The second-order valence-electron chi connectivity index (χ2n) is 5.14. The van der Waals surface area contributed by atoms with E-state index in [0.29, 0.717) is 4.90 Å². The van der Waals surface area contributed by atoms with Gasteiger partial charge in [0.25, 0.3) is 0 Å². The summed E-state index contributed by atoms with van der Waals surface area (Å²) in [4.78, 5) is 37.0. The lowest BCUT2D eigenvalue weighted by atomic mass is 10.1. The molecule has 0 aromatic heterocycles. The van der Waals surface area contributed by atoms with Gasteiger partial charge in [-0.25, -0.2) is 4.79 Å². The second-order valence-corrected chi connectivity index (χ2v) is 5.14. The smallest absolute Gasteiger partial charge is 0.263 e. The molecule has 2 rings (SSSR count). The number of amides is 4. The summed E-state index contributed by atoms with van der Waals surface area (Å²) in [6.07, 6.45) is -4.52. The Morgan fingerprint density at radius 1 is 1.09 bits per heavy atom. The lowest BCUT2D eigenvalue weighted by molar-refractivity contribution is -0.144. The standard InChI is InChI=1S/C14H13F3N2O3/c1-8(2)19-12(21)11(20)18(13(19)22)7-9-4-3-5-10(6-9)14(15,16)17/h3-6,8H,7H2,1-2H3. The number of hydrogen-bond donors (Lipinski definition) is 0. The van der Waals surface area contributed by atoms with Gasteiger partial charge >= 0.3 is 24.0 Å². The van der Waals surface area contributed by atoms with Gasteiger partial charge in [0.15, 0.2) is 0 Å². The van der Waals surface area contributed by atoms with Crippen LogP contribution in [0.1, 0.15) is 25.0 Å². The number of halogens is 3. The number of carbonyl (C=O) groups is 3. The van der Waals surface area contributed by atoms with E-state index in [0.717, 1.165) is 17.0 Å². The van der Waals surface area contributed by atoms with Crippen molar-refractivity contribution in [2.45, 2.75) is 32.6 Å². The molecule has 1 aliphatic heterocycles. The summed E-state index contributed by atoms with van der Waals surface area (Å²) >= 11 is 0. The number of hydrogen-bond acceptors (Lipinski definition) is 3. The lowest BCUT2D eigenvalue weighted by Gasteiger charge is -2.18. The molecule has 0 spiro atoms. The lowest BCUT2D eigenvalue weighted by Crippen LogP contribution is -2.37. The molecule has 1 saturated heterocycles. The van der Waals surface area contributed by atoms with Crippen molar-refractivity contribution in [3.8, 4) is 0 Å². The molecule has 118 valence electrons. The zero-order valence-corrected chi connectivity index (χ0v) is 11.8. The van der Waals surface area contributed by atoms with E-state index in [2.05, 4.69) is 0 Å². The highest BCUT2D eigenvalue weighted by Gasteiger charge is 2.45. The average Bonchev–Trinajstić information content (AvgIpc) is 2.62. The minimum Gasteiger partial charge on any atom is -0.263 e. The number of benzene rings is 1. The SMILES string of the molecule is CC(C)N1C(=O)C(=O)N(Cc2cccc(C(F)(F)F)c2)C1=O. The third kappa shape index (κ3) is 2.81.